The number of aryl methyl sites for hydroxylation is 4. The van der Waals surface area contributed by atoms with Gasteiger partial charge in [0.05, 0.1) is 0 Å². The summed E-state index contributed by atoms with van der Waals surface area (Å²) in [6.07, 6.45) is 1.47. The van der Waals surface area contributed by atoms with Crippen molar-refractivity contribution in [2.75, 3.05) is 10.6 Å². The van der Waals surface area contributed by atoms with E-state index in [1.807, 2.05) is 64.1 Å². The van der Waals surface area contributed by atoms with Gasteiger partial charge in [0.2, 0.25) is 0 Å². The summed E-state index contributed by atoms with van der Waals surface area (Å²) in [5, 5.41) is 5.78. The Kier molecular flexibility index (Phi) is 5.54. The molecule has 0 bridgehead atoms. The minimum Gasteiger partial charge on any atom is -0.322 e. The first-order chi connectivity index (χ1) is 13.3. The molecule has 5 nitrogen and oxygen atoms in total. The molecule has 2 N–H and O–H groups in total. The van der Waals surface area contributed by atoms with E-state index in [2.05, 4.69) is 15.6 Å². The van der Waals surface area contributed by atoms with Crippen molar-refractivity contribution >= 4 is 23.2 Å². The van der Waals surface area contributed by atoms with Crippen LogP contribution in [0.1, 0.15) is 43.1 Å². The zero-order valence-corrected chi connectivity index (χ0v) is 16.5. The molecule has 0 radical (unpaired) electrons. The van der Waals surface area contributed by atoms with Crippen molar-refractivity contribution in [1.82, 2.24) is 4.98 Å². The number of nitrogens with zero attached hydrogens (tertiary/aromatic N) is 1. The lowest BCUT2D eigenvalue weighted by atomic mass is 10.0. The predicted octanol–water partition coefficient (Wildman–Crippen LogP) is 4.82. The van der Waals surface area contributed by atoms with E-state index in [9.17, 15) is 9.59 Å². The lowest BCUT2D eigenvalue weighted by molar-refractivity contribution is 0.102. The summed E-state index contributed by atoms with van der Waals surface area (Å²) in [7, 11) is 0. The van der Waals surface area contributed by atoms with Gasteiger partial charge in [0.15, 0.2) is 0 Å². The van der Waals surface area contributed by atoms with Crippen LogP contribution in [0.15, 0.2) is 54.7 Å². The minimum atomic E-state index is -0.355. The number of hydrogen-bond acceptors (Lipinski definition) is 3. The number of para-hydroxylation sites is 1. The van der Waals surface area contributed by atoms with Gasteiger partial charge in [-0.25, -0.2) is 0 Å². The Morgan fingerprint density at radius 1 is 0.786 bits per heavy atom. The first kappa shape index (κ1) is 19.3. The van der Waals surface area contributed by atoms with E-state index in [-0.39, 0.29) is 17.5 Å². The van der Waals surface area contributed by atoms with Crippen LogP contribution in [-0.2, 0) is 0 Å². The van der Waals surface area contributed by atoms with Gasteiger partial charge < -0.3 is 10.6 Å². The third-order valence-corrected chi connectivity index (χ3v) is 4.56. The molecule has 0 unspecified atom stereocenters. The maximum absolute atomic E-state index is 12.7. The second-order valence-corrected chi connectivity index (χ2v) is 6.93. The first-order valence-electron chi connectivity index (χ1n) is 9.07. The van der Waals surface area contributed by atoms with E-state index < -0.39 is 0 Å². The minimum absolute atomic E-state index is 0.188. The average Bonchev–Trinajstić information content (AvgIpc) is 2.66. The number of benzene rings is 2. The Bertz CT molecular complexity index is 1030. The van der Waals surface area contributed by atoms with Crippen LogP contribution in [0.25, 0.3) is 0 Å². The number of hydrogen-bond donors (Lipinski definition) is 2. The Morgan fingerprint density at radius 3 is 2.14 bits per heavy atom. The fraction of sp³-hybridized carbons (Fsp3) is 0.174. The van der Waals surface area contributed by atoms with Crippen molar-refractivity contribution in [3.05, 3.63) is 88.2 Å². The van der Waals surface area contributed by atoms with Gasteiger partial charge in [0, 0.05) is 23.1 Å². The van der Waals surface area contributed by atoms with E-state index >= 15 is 0 Å². The molecule has 142 valence electrons. The number of pyridine rings is 1. The number of amides is 2. The van der Waals surface area contributed by atoms with Gasteiger partial charge in [0.1, 0.15) is 5.69 Å². The van der Waals surface area contributed by atoms with Gasteiger partial charge >= 0.3 is 0 Å². The molecule has 3 aromatic rings. The number of nitrogens with one attached hydrogen (secondary N) is 2. The summed E-state index contributed by atoms with van der Waals surface area (Å²) in [5.74, 6) is -0.631. The summed E-state index contributed by atoms with van der Waals surface area (Å²) < 4.78 is 0. The largest absolute Gasteiger partial charge is 0.322 e. The van der Waals surface area contributed by atoms with Crippen LogP contribution in [0.2, 0.25) is 0 Å². The van der Waals surface area contributed by atoms with E-state index in [4.69, 9.17) is 0 Å². The Morgan fingerprint density at radius 2 is 1.46 bits per heavy atom. The van der Waals surface area contributed by atoms with Gasteiger partial charge in [-0.3, -0.25) is 14.6 Å². The molecule has 5 heteroatoms. The van der Waals surface area contributed by atoms with Gasteiger partial charge in [-0.05, 0) is 62.6 Å². The van der Waals surface area contributed by atoms with Crippen LogP contribution in [0.5, 0.6) is 0 Å². The molecule has 0 spiro atoms. The van der Waals surface area contributed by atoms with E-state index in [1.165, 1.54) is 12.3 Å². The van der Waals surface area contributed by atoms with Gasteiger partial charge in [-0.1, -0.05) is 35.9 Å². The zero-order valence-electron chi connectivity index (χ0n) is 16.5. The van der Waals surface area contributed by atoms with Gasteiger partial charge in [-0.2, -0.15) is 0 Å². The lowest BCUT2D eigenvalue weighted by Gasteiger charge is -2.13. The highest BCUT2D eigenvalue weighted by Crippen LogP contribution is 2.23. The fourth-order valence-corrected chi connectivity index (χ4v) is 3.16. The van der Waals surface area contributed by atoms with Crippen molar-refractivity contribution in [3.8, 4) is 0 Å². The Labute approximate surface area is 164 Å². The van der Waals surface area contributed by atoms with Crippen molar-refractivity contribution in [1.29, 1.82) is 0 Å². The quantitative estimate of drug-likeness (QED) is 0.689. The molecule has 0 aliphatic rings. The molecule has 0 fully saturated rings. The molecule has 3 rings (SSSR count). The first-order valence-corrected chi connectivity index (χ1v) is 9.07. The van der Waals surface area contributed by atoms with Crippen molar-refractivity contribution in [2.45, 2.75) is 27.7 Å². The summed E-state index contributed by atoms with van der Waals surface area (Å²) in [6.45, 7) is 7.86. The molecule has 0 saturated carbocycles. The molecule has 1 heterocycles. The van der Waals surface area contributed by atoms with Crippen molar-refractivity contribution in [2.24, 2.45) is 0 Å². The monoisotopic (exact) mass is 373 g/mol. The summed E-state index contributed by atoms with van der Waals surface area (Å²) in [5.41, 5.74) is 6.17. The summed E-state index contributed by atoms with van der Waals surface area (Å²) in [4.78, 5) is 29.4. The molecular weight excluding hydrogens is 350 g/mol. The molecule has 0 saturated heterocycles. The lowest BCUT2D eigenvalue weighted by Crippen LogP contribution is -2.18. The van der Waals surface area contributed by atoms with Gasteiger partial charge in [0.25, 0.3) is 11.8 Å². The van der Waals surface area contributed by atoms with E-state index in [1.54, 1.807) is 6.07 Å². The average molecular weight is 373 g/mol. The van der Waals surface area contributed by atoms with Crippen LogP contribution < -0.4 is 10.6 Å². The zero-order chi connectivity index (χ0) is 20.3. The maximum Gasteiger partial charge on any atom is 0.274 e. The Balaban J connectivity index is 1.80. The molecule has 0 aliphatic heterocycles. The SMILES string of the molecule is Cc1cc(C)c(NC(=O)c2ccnc(C(=O)Nc3ccccc3C)c2)c(C)c1. The number of aromatic nitrogens is 1. The Hall–Kier alpha value is -3.47. The highest BCUT2D eigenvalue weighted by atomic mass is 16.2. The van der Waals surface area contributed by atoms with Crippen LogP contribution >= 0.6 is 0 Å². The molecule has 0 atom stereocenters. The number of carbonyl (C=O) groups excluding carboxylic acids is 2. The van der Waals surface area contributed by atoms with Crippen molar-refractivity contribution < 1.29 is 9.59 Å². The van der Waals surface area contributed by atoms with E-state index in [0.717, 1.165) is 33.6 Å². The molecule has 1 aromatic heterocycles. The van der Waals surface area contributed by atoms with Crippen molar-refractivity contribution in [3.63, 3.8) is 0 Å². The topological polar surface area (TPSA) is 71.1 Å². The third-order valence-electron chi connectivity index (χ3n) is 4.56. The molecule has 28 heavy (non-hydrogen) atoms. The normalized spacial score (nSPS) is 10.4. The summed E-state index contributed by atoms with van der Waals surface area (Å²) in [6, 6.07) is 14.6. The number of rotatable bonds is 4. The van der Waals surface area contributed by atoms with Gasteiger partial charge in [-0.15, -0.1) is 0 Å². The highest BCUT2D eigenvalue weighted by Gasteiger charge is 2.14. The molecule has 2 amide bonds. The van der Waals surface area contributed by atoms with Crippen LogP contribution in [-0.4, -0.2) is 16.8 Å². The van der Waals surface area contributed by atoms with Crippen LogP contribution in [0.4, 0.5) is 11.4 Å². The molecule has 0 aliphatic carbocycles. The standard InChI is InChI=1S/C23H23N3O2/c1-14-11-16(3)21(17(4)12-14)26-22(27)18-9-10-24-20(13-18)23(28)25-19-8-6-5-7-15(19)2/h5-13H,1-4H3,(H,25,28)(H,26,27). The number of anilines is 2. The predicted molar refractivity (Wildman–Crippen MR) is 112 cm³/mol. The second-order valence-electron chi connectivity index (χ2n) is 6.93. The summed E-state index contributed by atoms with van der Waals surface area (Å²) >= 11 is 0. The smallest absolute Gasteiger partial charge is 0.274 e. The van der Waals surface area contributed by atoms with Crippen LogP contribution in [0.3, 0.4) is 0 Å². The fourth-order valence-electron chi connectivity index (χ4n) is 3.16. The maximum atomic E-state index is 12.7. The molecular formula is C23H23N3O2. The molecule has 2 aromatic carbocycles. The van der Waals surface area contributed by atoms with E-state index in [0.29, 0.717) is 5.56 Å². The second kappa shape index (κ2) is 8.05. The highest BCUT2D eigenvalue weighted by molar-refractivity contribution is 6.08. The third kappa shape index (κ3) is 4.26. The van der Waals surface area contributed by atoms with Crippen LogP contribution in [0, 0.1) is 27.7 Å². The number of carbonyl (C=O) groups is 2.